The molecule has 0 saturated heterocycles. The lowest BCUT2D eigenvalue weighted by atomic mass is 9.97. The molecule has 1 rings (SSSR count). The highest BCUT2D eigenvalue weighted by atomic mass is 16.6. The summed E-state index contributed by atoms with van der Waals surface area (Å²) in [5, 5.41) is 13.1. The number of rotatable bonds is 18. The van der Waals surface area contributed by atoms with Gasteiger partial charge in [0.05, 0.1) is 6.04 Å². The van der Waals surface area contributed by atoms with Crippen molar-refractivity contribution in [2.45, 2.75) is 131 Å². The molecule has 15 heteroatoms. The van der Waals surface area contributed by atoms with Gasteiger partial charge < -0.3 is 41.8 Å². The van der Waals surface area contributed by atoms with Crippen LogP contribution in [-0.2, 0) is 44.7 Å². The Morgan fingerprint density at radius 2 is 1.08 bits per heavy atom. The molecule has 0 saturated carbocycles. The number of nitrogens with one attached hydrogen (secondary N) is 5. The van der Waals surface area contributed by atoms with Crippen molar-refractivity contribution in [3.8, 4) is 0 Å². The first kappa shape index (κ1) is 45.3. The summed E-state index contributed by atoms with van der Waals surface area (Å²) < 4.78 is 11.4. The molecule has 0 spiro atoms. The SMILES string of the molecule is CC(=O)N[C@H](C(=O)N[C@H](C(=O)O[C@@H](C(=O)N[C@H](C(=O)N[C@H](C(N)=O)C(C)C)C(C)C)[C@H](Cc1ccccc1)NC(=O)OC(C)(C)C)C(C)C)C(C)C. The lowest BCUT2D eigenvalue weighted by Gasteiger charge is -2.33. The molecule has 1 aromatic carbocycles. The second-order valence-electron chi connectivity index (χ2n) is 15.3. The van der Waals surface area contributed by atoms with Crippen LogP contribution >= 0.6 is 0 Å². The Hall–Kier alpha value is -4.69. The molecule has 52 heavy (non-hydrogen) atoms. The van der Waals surface area contributed by atoms with Crippen LogP contribution in [0.1, 0.15) is 88.6 Å². The number of alkyl carbamates (subject to hydrolysis) is 1. The third-order valence-corrected chi connectivity index (χ3v) is 7.91. The van der Waals surface area contributed by atoms with E-state index in [0.29, 0.717) is 5.56 Å². The monoisotopic (exact) mass is 732 g/mol. The van der Waals surface area contributed by atoms with Crippen LogP contribution in [0.25, 0.3) is 0 Å². The average Bonchev–Trinajstić information content (AvgIpc) is 3.00. The van der Waals surface area contributed by atoms with Crippen molar-refractivity contribution in [1.82, 2.24) is 26.6 Å². The molecule has 0 aliphatic rings. The van der Waals surface area contributed by atoms with Crippen LogP contribution in [0.4, 0.5) is 4.79 Å². The van der Waals surface area contributed by atoms with Gasteiger partial charge in [-0.15, -0.1) is 0 Å². The topological polar surface area (TPSA) is 224 Å². The van der Waals surface area contributed by atoms with Crippen molar-refractivity contribution in [3.63, 3.8) is 0 Å². The minimum Gasteiger partial charge on any atom is -0.448 e. The van der Waals surface area contributed by atoms with Gasteiger partial charge in [0, 0.05) is 6.92 Å². The second kappa shape index (κ2) is 20.4. The van der Waals surface area contributed by atoms with Crippen molar-refractivity contribution < 1.29 is 43.0 Å². The van der Waals surface area contributed by atoms with Gasteiger partial charge in [-0.2, -0.15) is 0 Å². The maximum atomic E-state index is 14.3. The zero-order valence-corrected chi connectivity index (χ0v) is 32.6. The van der Waals surface area contributed by atoms with Gasteiger partial charge in [-0.1, -0.05) is 85.7 Å². The highest BCUT2D eigenvalue weighted by Crippen LogP contribution is 2.17. The van der Waals surface area contributed by atoms with E-state index in [1.807, 2.05) is 0 Å². The number of esters is 1. The largest absolute Gasteiger partial charge is 0.448 e. The fourth-order valence-electron chi connectivity index (χ4n) is 5.15. The van der Waals surface area contributed by atoms with Crippen LogP contribution < -0.4 is 32.3 Å². The molecular formula is C37H60N6O9. The Balaban J connectivity index is 3.72. The number of nitrogens with two attached hydrogens (primary N) is 1. The van der Waals surface area contributed by atoms with Crippen molar-refractivity contribution in [2.75, 3.05) is 0 Å². The van der Waals surface area contributed by atoms with E-state index in [4.69, 9.17) is 15.2 Å². The van der Waals surface area contributed by atoms with Crippen LogP contribution in [0, 0.1) is 23.7 Å². The Morgan fingerprint density at radius 3 is 1.50 bits per heavy atom. The lowest BCUT2D eigenvalue weighted by molar-refractivity contribution is -0.162. The Morgan fingerprint density at radius 1 is 0.635 bits per heavy atom. The van der Waals surface area contributed by atoms with Crippen LogP contribution in [0.15, 0.2) is 30.3 Å². The number of carbonyl (C=O) groups is 7. The Bertz CT molecular complexity index is 1390. The van der Waals surface area contributed by atoms with Gasteiger partial charge in [0.2, 0.25) is 29.7 Å². The maximum absolute atomic E-state index is 14.3. The molecule has 7 N–H and O–H groups in total. The van der Waals surface area contributed by atoms with Gasteiger partial charge in [0.25, 0.3) is 5.91 Å². The fourth-order valence-corrected chi connectivity index (χ4v) is 5.15. The zero-order valence-electron chi connectivity index (χ0n) is 32.6. The number of primary amides is 1. The summed E-state index contributed by atoms with van der Waals surface area (Å²) >= 11 is 0. The van der Waals surface area contributed by atoms with Crippen molar-refractivity contribution >= 4 is 41.6 Å². The molecule has 1 aromatic rings. The Labute approximate surface area is 307 Å². The summed E-state index contributed by atoms with van der Waals surface area (Å²) in [6, 6.07) is 3.07. The van der Waals surface area contributed by atoms with E-state index in [0.717, 1.165) is 0 Å². The normalized spacial score (nSPS) is 15.1. The van der Waals surface area contributed by atoms with Gasteiger partial charge in [-0.3, -0.25) is 24.0 Å². The number of benzene rings is 1. The van der Waals surface area contributed by atoms with Crippen molar-refractivity contribution in [3.05, 3.63) is 35.9 Å². The molecule has 0 bridgehead atoms. The van der Waals surface area contributed by atoms with Gasteiger partial charge in [-0.25, -0.2) is 9.59 Å². The van der Waals surface area contributed by atoms with Crippen LogP contribution in [0.3, 0.4) is 0 Å². The first-order chi connectivity index (χ1) is 23.9. The van der Waals surface area contributed by atoms with Crippen molar-refractivity contribution in [2.24, 2.45) is 29.4 Å². The third-order valence-electron chi connectivity index (χ3n) is 7.91. The summed E-state index contributed by atoms with van der Waals surface area (Å²) in [6.45, 7) is 19.8. The van der Waals surface area contributed by atoms with Gasteiger partial charge in [-0.05, 0) is 56.4 Å². The number of ether oxygens (including phenoxy) is 2. The van der Waals surface area contributed by atoms with Crippen LogP contribution in [-0.4, -0.2) is 83.5 Å². The minimum atomic E-state index is -1.76. The first-order valence-electron chi connectivity index (χ1n) is 17.7. The molecule has 0 radical (unpaired) electrons. The summed E-state index contributed by atoms with van der Waals surface area (Å²) in [7, 11) is 0. The Kier molecular flexibility index (Phi) is 17.8. The predicted molar refractivity (Wildman–Crippen MR) is 195 cm³/mol. The van der Waals surface area contributed by atoms with Gasteiger partial charge >= 0.3 is 12.1 Å². The number of hydrogen-bond acceptors (Lipinski definition) is 9. The van der Waals surface area contributed by atoms with E-state index in [9.17, 15) is 33.6 Å². The molecular weight excluding hydrogens is 672 g/mol. The number of hydrogen-bond donors (Lipinski definition) is 6. The summed E-state index contributed by atoms with van der Waals surface area (Å²) in [4.78, 5) is 92.2. The van der Waals surface area contributed by atoms with E-state index >= 15 is 0 Å². The second-order valence-corrected chi connectivity index (χ2v) is 15.3. The standard InChI is InChI=1S/C37H60N6O9/c1-19(2)26(31(38)45)41-33(47)28(21(5)6)42-34(48)30(25(18-24-16-14-13-15-17-24)40-36(50)52-37(10,11)12)51-35(49)29(22(7)8)43-32(46)27(20(3)4)39-23(9)44/h13-17,19-22,25-30H,18H2,1-12H3,(H2,38,45)(H,39,44)(H,40,50)(H,41,47)(H,42,48)(H,43,46)/t25-,26-,27-,28-,29-,30+/m0/s1. The number of amides is 6. The van der Waals surface area contributed by atoms with E-state index in [1.54, 1.807) is 106 Å². The predicted octanol–water partition coefficient (Wildman–Crippen LogP) is 2.10. The van der Waals surface area contributed by atoms with Gasteiger partial charge in [0.15, 0.2) is 0 Å². The van der Waals surface area contributed by atoms with Crippen LogP contribution in [0.2, 0.25) is 0 Å². The maximum Gasteiger partial charge on any atom is 0.408 e. The van der Waals surface area contributed by atoms with E-state index in [-0.39, 0.29) is 18.3 Å². The smallest absolute Gasteiger partial charge is 0.408 e. The van der Waals surface area contributed by atoms with Crippen molar-refractivity contribution in [1.29, 1.82) is 0 Å². The summed E-state index contributed by atoms with van der Waals surface area (Å²) in [5.74, 6) is -6.22. The lowest BCUT2D eigenvalue weighted by Crippen LogP contribution is -2.61. The molecule has 0 aromatic heterocycles. The van der Waals surface area contributed by atoms with E-state index in [2.05, 4.69) is 26.6 Å². The molecule has 0 fully saturated rings. The molecule has 15 nitrogen and oxygen atoms in total. The molecule has 292 valence electrons. The van der Waals surface area contributed by atoms with Gasteiger partial charge in [0.1, 0.15) is 29.8 Å². The quantitative estimate of drug-likeness (QED) is 0.121. The molecule has 0 aliphatic carbocycles. The zero-order chi connectivity index (χ0) is 40.1. The summed E-state index contributed by atoms with van der Waals surface area (Å²) in [6.07, 6.45) is -2.68. The molecule has 0 aliphatic heterocycles. The first-order valence-corrected chi connectivity index (χ1v) is 17.7. The highest BCUT2D eigenvalue weighted by molar-refractivity contribution is 5.95. The summed E-state index contributed by atoms with van der Waals surface area (Å²) in [5.41, 5.74) is 5.26. The highest BCUT2D eigenvalue weighted by Gasteiger charge is 2.40. The van der Waals surface area contributed by atoms with E-state index in [1.165, 1.54) is 6.92 Å². The number of carbonyl (C=O) groups excluding carboxylic acids is 7. The van der Waals surface area contributed by atoms with Crippen LogP contribution in [0.5, 0.6) is 0 Å². The fraction of sp³-hybridized carbons (Fsp3) is 0.649. The molecule has 6 amide bonds. The molecule has 0 heterocycles. The van der Waals surface area contributed by atoms with E-state index < -0.39 is 95.3 Å². The minimum absolute atomic E-state index is 0.0161. The third kappa shape index (κ3) is 15.3. The molecule has 0 unspecified atom stereocenters. The molecule has 6 atom stereocenters. The average molecular weight is 733 g/mol.